The van der Waals surface area contributed by atoms with E-state index in [0.29, 0.717) is 12.4 Å². The predicted octanol–water partition coefficient (Wildman–Crippen LogP) is 5.58. The summed E-state index contributed by atoms with van der Waals surface area (Å²) in [5.41, 5.74) is 1.24. The molecule has 0 aliphatic rings. The summed E-state index contributed by atoms with van der Waals surface area (Å²) in [6, 6.07) is 28.1. The molecule has 0 saturated carbocycles. The van der Waals surface area contributed by atoms with Crippen molar-refractivity contribution in [2.24, 2.45) is 0 Å². The highest BCUT2D eigenvalue weighted by molar-refractivity contribution is 7.92. The van der Waals surface area contributed by atoms with Crippen molar-refractivity contribution < 1.29 is 27.1 Å². The molecule has 0 fully saturated rings. The van der Waals surface area contributed by atoms with E-state index in [-0.39, 0.29) is 35.2 Å². The van der Waals surface area contributed by atoms with E-state index >= 15 is 0 Å². The molecule has 1 atom stereocenters. The van der Waals surface area contributed by atoms with Crippen molar-refractivity contribution >= 4 is 27.5 Å². The number of sulfonamides is 1. The van der Waals surface area contributed by atoms with Crippen LogP contribution in [-0.2, 0) is 32.6 Å². The number of carbonyl (C=O) groups excluding carboxylic acids is 2. The Hall–Kier alpha value is -4.70. The van der Waals surface area contributed by atoms with E-state index in [2.05, 4.69) is 5.32 Å². The number of rotatable bonds is 14. The molecule has 2 amide bonds. The highest BCUT2D eigenvalue weighted by Gasteiger charge is 2.35. The van der Waals surface area contributed by atoms with E-state index in [1.807, 2.05) is 37.3 Å². The summed E-state index contributed by atoms with van der Waals surface area (Å²) in [6.45, 7) is 4.98. The number of benzene rings is 4. The first-order valence-electron chi connectivity index (χ1n) is 14.8. The summed E-state index contributed by atoms with van der Waals surface area (Å²) < 4.78 is 49.6. The number of carbonyl (C=O) groups is 2. The van der Waals surface area contributed by atoms with Gasteiger partial charge in [0.05, 0.1) is 17.2 Å². The highest BCUT2D eigenvalue weighted by atomic mass is 32.2. The SMILES string of the molecule is CCOc1ccc(S(=O)(=O)N(CC(=O)N(Cc2ccccc2F)[C@H](Cc2ccccc2)C(=O)NC(C)C)c2ccccc2)cc1. The lowest BCUT2D eigenvalue weighted by molar-refractivity contribution is -0.140. The van der Waals surface area contributed by atoms with Crippen molar-refractivity contribution in [3.05, 3.63) is 126 Å². The normalized spacial score (nSPS) is 11.9. The zero-order valence-electron chi connectivity index (χ0n) is 25.6. The van der Waals surface area contributed by atoms with Crippen molar-refractivity contribution in [1.82, 2.24) is 10.2 Å². The van der Waals surface area contributed by atoms with Crippen molar-refractivity contribution in [3.8, 4) is 5.75 Å². The standard InChI is InChI=1S/C35H38FN3O5S/c1-4-44-30-19-21-31(22-20-30)45(42,43)39(29-16-9-6-10-17-29)25-34(40)38(24-28-15-11-12-18-32(28)36)33(35(41)37-26(2)3)23-27-13-7-5-8-14-27/h5-22,26,33H,4,23-25H2,1-3H3,(H,37,41)/t33-/m1/s1. The molecule has 0 aromatic heterocycles. The molecule has 0 bridgehead atoms. The van der Waals surface area contributed by atoms with Crippen molar-refractivity contribution in [2.75, 3.05) is 17.5 Å². The van der Waals surface area contributed by atoms with Crippen molar-refractivity contribution in [1.29, 1.82) is 0 Å². The average Bonchev–Trinajstić information content (AvgIpc) is 3.03. The second-order valence-corrected chi connectivity index (χ2v) is 12.6. The van der Waals surface area contributed by atoms with Crippen LogP contribution < -0.4 is 14.4 Å². The van der Waals surface area contributed by atoms with Gasteiger partial charge in [-0.15, -0.1) is 0 Å². The maximum atomic E-state index is 15.0. The van der Waals surface area contributed by atoms with Gasteiger partial charge in [-0.2, -0.15) is 0 Å². The van der Waals surface area contributed by atoms with E-state index in [9.17, 15) is 22.4 Å². The van der Waals surface area contributed by atoms with Crippen LogP contribution in [0.1, 0.15) is 31.9 Å². The van der Waals surface area contributed by atoms with Crippen LogP contribution in [0.5, 0.6) is 5.75 Å². The van der Waals surface area contributed by atoms with Gasteiger partial charge in [0.15, 0.2) is 0 Å². The van der Waals surface area contributed by atoms with Crippen LogP contribution in [0.3, 0.4) is 0 Å². The highest BCUT2D eigenvalue weighted by Crippen LogP contribution is 2.26. The molecule has 0 saturated heterocycles. The molecule has 0 aliphatic heterocycles. The van der Waals surface area contributed by atoms with Crippen molar-refractivity contribution in [3.63, 3.8) is 0 Å². The van der Waals surface area contributed by atoms with Gasteiger partial charge in [0.25, 0.3) is 10.0 Å². The molecule has 0 heterocycles. The number of ether oxygens (including phenoxy) is 1. The molecule has 0 unspecified atom stereocenters. The fraction of sp³-hybridized carbons (Fsp3) is 0.257. The fourth-order valence-electron chi connectivity index (χ4n) is 4.87. The number of para-hydroxylation sites is 1. The molecule has 4 aromatic rings. The monoisotopic (exact) mass is 631 g/mol. The van der Waals surface area contributed by atoms with Crippen LogP contribution in [0.15, 0.2) is 114 Å². The molecular formula is C35H38FN3O5S. The largest absolute Gasteiger partial charge is 0.494 e. The lowest BCUT2D eigenvalue weighted by Crippen LogP contribution is -2.54. The Balaban J connectivity index is 1.78. The molecule has 8 nitrogen and oxygen atoms in total. The Kier molecular flexibility index (Phi) is 11.3. The van der Waals surface area contributed by atoms with Crippen LogP contribution in [0.4, 0.5) is 10.1 Å². The first-order valence-corrected chi connectivity index (χ1v) is 16.2. The molecule has 4 rings (SSSR count). The zero-order valence-corrected chi connectivity index (χ0v) is 26.4. The Bertz CT molecular complexity index is 1670. The quantitative estimate of drug-likeness (QED) is 0.196. The second-order valence-electron chi connectivity index (χ2n) is 10.7. The third-order valence-electron chi connectivity index (χ3n) is 7.05. The zero-order chi connectivity index (χ0) is 32.4. The lowest BCUT2D eigenvalue weighted by atomic mass is 10.0. The molecule has 45 heavy (non-hydrogen) atoms. The third-order valence-corrected chi connectivity index (χ3v) is 8.83. The van der Waals surface area contributed by atoms with Gasteiger partial charge in [-0.05, 0) is 68.8 Å². The minimum atomic E-state index is -4.26. The van der Waals surface area contributed by atoms with E-state index in [4.69, 9.17) is 4.74 Å². The van der Waals surface area contributed by atoms with Gasteiger partial charge >= 0.3 is 0 Å². The van der Waals surface area contributed by atoms with Crippen LogP contribution in [0.25, 0.3) is 0 Å². The molecule has 0 aliphatic carbocycles. The number of hydrogen-bond donors (Lipinski definition) is 1. The predicted molar refractivity (Wildman–Crippen MR) is 173 cm³/mol. The topological polar surface area (TPSA) is 96.0 Å². The third kappa shape index (κ3) is 8.69. The van der Waals surface area contributed by atoms with Crippen LogP contribution in [0, 0.1) is 5.82 Å². The van der Waals surface area contributed by atoms with Gasteiger partial charge in [-0.25, -0.2) is 12.8 Å². The number of nitrogens with one attached hydrogen (secondary N) is 1. The average molecular weight is 632 g/mol. The minimum absolute atomic E-state index is 0.0401. The Morgan fingerprint density at radius 1 is 0.844 bits per heavy atom. The maximum Gasteiger partial charge on any atom is 0.264 e. The summed E-state index contributed by atoms with van der Waals surface area (Å²) in [7, 11) is -4.26. The Morgan fingerprint density at radius 2 is 1.44 bits per heavy atom. The molecular weight excluding hydrogens is 593 g/mol. The number of amides is 2. The Morgan fingerprint density at radius 3 is 2.04 bits per heavy atom. The minimum Gasteiger partial charge on any atom is -0.494 e. The molecule has 10 heteroatoms. The van der Waals surface area contributed by atoms with Gasteiger partial charge in [0.2, 0.25) is 11.8 Å². The summed E-state index contributed by atoms with van der Waals surface area (Å²) >= 11 is 0. The molecule has 0 radical (unpaired) electrons. The molecule has 236 valence electrons. The smallest absolute Gasteiger partial charge is 0.264 e. The van der Waals surface area contributed by atoms with E-state index in [0.717, 1.165) is 9.87 Å². The fourth-order valence-corrected chi connectivity index (χ4v) is 6.28. The molecule has 0 spiro atoms. The van der Waals surface area contributed by atoms with E-state index in [1.54, 1.807) is 74.5 Å². The van der Waals surface area contributed by atoms with Gasteiger partial charge < -0.3 is 15.0 Å². The van der Waals surface area contributed by atoms with E-state index < -0.39 is 40.2 Å². The number of hydrogen-bond acceptors (Lipinski definition) is 5. The van der Waals surface area contributed by atoms with Gasteiger partial charge in [0.1, 0.15) is 24.2 Å². The van der Waals surface area contributed by atoms with Crippen LogP contribution >= 0.6 is 0 Å². The number of halogens is 1. The number of nitrogens with zero attached hydrogens (tertiary/aromatic N) is 2. The second kappa shape index (κ2) is 15.3. The van der Waals surface area contributed by atoms with Gasteiger partial charge in [-0.3, -0.25) is 13.9 Å². The van der Waals surface area contributed by atoms with Crippen LogP contribution in [0.2, 0.25) is 0 Å². The van der Waals surface area contributed by atoms with Gasteiger partial charge in [-0.1, -0.05) is 66.7 Å². The van der Waals surface area contributed by atoms with E-state index in [1.165, 1.54) is 23.1 Å². The molecule has 1 N–H and O–H groups in total. The maximum absolute atomic E-state index is 15.0. The lowest BCUT2D eigenvalue weighted by Gasteiger charge is -2.34. The summed E-state index contributed by atoms with van der Waals surface area (Å²) in [6.07, 6.45) is 0.135. The summed E-state index contributed by atoms with van der Waals surface area (Å²) in [4.78, 5) is 29.3. The molecule has 4 aromatic carbocycles. The number of anilines is 1. The first kappa shape index (κ1) is 33.2. The summed E-state index contributed by atoms with van der Waals surface area (Å²) in [5.74, 6) is -1.13. The Labute approximate surface area is 264 Å². The van der Waals surface area contributed by atoms with Crippen LogP contribution in [-0.4, -0.2) is 50.4 Å². The van der Waals surface area contributed by atoms with Crippen molar-refractivity contribution in [2.45, 2.75) is 50.7 Å². The van der Waals surface area contributed by atoms with Gasteiger partial charge in [0, 0.05) is 24.6 Å². The first-order chi connectivity index (χ1) is 21.6. The summed E-state index contributed by atoms with van der Waals surface area (Å²) in [5, 5.41) is 2.89.